The van der Waals surface area contributed by atoms with E-state index in [1.807, 2.05) is 0 Å². The van der Waals surface area contributed by atoms with Gasteiger partial charge in [-0.3, -0.25) is 4.79 Å². The van der Waals surface area contributed by atoms with Gasteiger partial charge in [0, 0.05) is 6.92 Å². The number of aliphatic hydroxyl groups excluding tert-OH is 1. The molecule has 0 aliphatic heterocycles. The maximum Gasteiger partial charge on any atom is 0.300 e. The molecule has 50 valence electrons. The molecule has 4 N–H and O–H groups in total. The van der Waals surface area contributed by atoms with Crippen molar-refractivity contribution < 1.29 is 21.6 Å². The fourth-order valence-electron chi connectivity index (χ4n) is 0. The first kappa shape index (κ1) is 7.35. The Hall–Kier alpha value is -0.650. The van der Waals surface area contributed by atoms with Gasteiger partial charge in [0.2, 0.25) is 0 Å². The van der Waals surface area contributed by atoms with Crippen LogP contribution in [0.2, 0.25) is 1.41 Å². The van der Waals surface area contributed by atoms with Crippen molar-refractivity contribution in [2.45, 2.75) is 6.92 Å². The zero-order valence-electron chi connectivity index (χ0n) is 5.40. The van der Waals surface area contributed by atoms with Crippen molar-refractivity contribution in [1.82, 2.24) is 5.47 Å². The standard InChI is InChI=1S/C2H4O2.CH5NO2/c1-2(3)4;3-1-2-4/h1H3,(H,3,4);2-4H,1H2/i/hD. The smallest absolute Gasteiger partial charge is 0.300 e. The highest BCUT2D eigenvalue weighted by Crippen LogP contribution is 1.42. The third kappa shape index (κ3) is 826. The number of hydrogen-bond donors (Lipinski definition) is 4. The van der Waals surface area contributed by atoms with Crippen molar-refractivity contribution >= 4 is 5.97 Å². The molecule has 0 rings (SSSR count). The molecule has 0 fully saturated rings. The molecule has 5 heteroatoms. The van der Waals surface area contributed by atoms with Crippen LogP contribution in [-0.2, 0) is 4.79 Å². The second-order valence-electron chi connectivity index (χ2n) is 0.802. The number of rotatable bonds is 1. The number of hydrogen-bond acceptors (Lipinski definition) is 4. The van der Waals surface area contributed by atoms with E-state index in [-0.39, 0.29) is 5.47 Å². The van der Waals surface area contributed by atoms with Gasteiger partial charge in [0.1, 0.15) is 6.73 Å². The minimum absolute atomic E-state index is 0.0694. The number of nitrogens with one attached hydrogen (secondary N) is 1. The van der Waals surface area contributed by atoms with E-state index in [4.69, 9.17) is 21.6 Å². The van der Waals surface area contributed by atoms with Crippen LogP contribution in [-0.4, -0.2) is 28.1 Å². The first-order chi connectivity index (χ1) is 4.00. The average molecular weight is 124 g/mol. The number of aliphatic carboxylic acids is 1. The van der Waals surface area contributed by atoms with Gasteiger partial charge < -0.3 is 15.4 Å². The molecule has 0 atom stereocenters. The summed E-state index contributed by atoms with van der Waals surface area (Å²) in [7, 11) is 0. The Bertz CT molecular complexity index is 72.2. The predicted octanol–water partition coefficient (Wildman–Crippen LogP) is -0.994. The molecule has 0 saturated heterocycles. The third-order valence-electron chi connectivity index (χ3n) is 0.0632. The van der Waals surface area contributed by atoms with Gasteiger partial charge in [0.15, 0.2) is 1.41 Å². The van der Waals surface area contributed by atoms with Crippen molar-refractivity contribution in [2.24, 2.45) is 0 Å². The summed E-state index contributed by atoms with van der Waals surface area (Å²) in [6.45, 7) is 0.444. The van der Waals surface area contributed by atoms with Crippen LogP contribution < -0.4 is 5.47 Å². The van der Waals surface area contributed by atoms with Crippen molar-refractivity contribution in [3.63, 3.8) is 0 Å². The van der Waals surface area contributed by atoms with Gasteiger partial charge in [0.25, 0.3) is 5.97 Å². The summed E-state index contributed by atoms with van der Waals surface area (Å²) in [6, 6.07) is 0. The van der Waals surface area contributed by atoms with E-state index in [9.17, 15) is 0 Å². The Morgan fingerprint density at radius 3 is 2.12 bits per heavy atom. The summed E-state index contributed by atoms with van der Waals surface area (Å²) >= 11 is 0. The van der Waals surface area contributed by atoms with Gasteiger partial charge in [-0.25, -0.2) is 0 Å². The molecule has 0 heterocycles. The molecule has 5 nitrogen and oxygen atoms in total. The summed E-state index contributed by atoms with van der Waals surface area (Å²) in [6.07, 6.45) is 0. The molecular formula is C3H9NO4. The minimum Gasteiger partial charge on any atom is -0.481 e. The number of hydroxylamine groups is 1. The van der Waals surface area contributed by atoms with Crippen LogP contribution in [0.3, 0.4) is 0 Å². The van der Waals surface area contributed by atoms with Crippen LogP contribution in [0.25, 0.3) is 0 Å². The second-order valence-corrected chi connectivity index (χ2v) is 0.802. The third-order valence-corrected chi connectivity index (χ3v) is 0.0632. The van der Waals surface area contributed by atoms with Crippen molar-refractivity contribution in [3.8, 4) is 0 Å². The highest BCUT2D eigenvalue weighted by molar-refractivity contribution is 5.62. The molecule has 0 aromatic heterocycles. The Labute approximate surface area is 48.0 Å². The molecule has 0 aromatic carbocycles. The highest BCUT2D eigenvalue weighted by atomic mass is 16.5. The largest absolute Gasteiger partial charge is 0.481 e. The SMILES string of the molecule is CC(=O)O.[2H]N(O)CO. The van der Waals surface area contributed by atoms with Crippen LogP contribution >= 0.6 is 0 Å². The summed E-state index contributed by atoms with van der Waals surface area (Å²) in [4.78, 5) is 9.00. The Balaban J connectivity index is 0. The van der Waals surface area contributed by atoms with E-state index in [0.29, 0.717) is 0 Å². The van der Waals surface area contributed by atoms with Crippen LogP contribution in [0, 0.1) is 0 Å². The fraction of sp³-hybridized carbons (Fsp3) is 0.667. The Kier molecular flexibility index (Phi) is 8.82. The van der Waals surface area contributed by atoms with E-state index in [0.717, 1.165) is 6.92 Å². The summed E-state index contributed by atoms with van der Waals surface area (Å²) in [5.74, 6) is -0.833. The van der Waals surface area contributed by atoms with Gasteiger partial charge >= 0.3 is 0 Å². The summed E-state index contributed by atoms with van der Waals surface area (Å²) in [5, 5.41) is 22.7. The maximum absolute atomic E-state index is 9.00. The molecule has 0 saturated carbocycles. The minimum atomic E-state index is -0.833. The van der Waals surface area contributed by atoms with Crippen molar-refractivity contribution in [1.29, 1.82) is 0 Å². The van der Waals surface area contributed by atoms with Crippen molar-refractivity contribution in [3.05, 3.63) is 0 Å². The first-order valence-corrected chi connectivity index (χ1v) is 1.76. The summed E-state index contributed by atoms with van der Waals surface area (Å²) in [5.41, 5.74) is -0.0694. The van der Waals surface area contributed by atoms with Crippen molar-refractivity contribution in [2.75, 3.05) is 6.73 Å². The zero-order chi connectivity index (χ0) is 7.86. The predicted molar refractivity (Wildman–Crippen MR) is 25.3 cm³/mol. The van der Waals surface area contributed by atoms with Crippen LogP contribution in [0.15, 0.2) is 0 Å². The fourth-order valence-corrected chi connectivity index (χ4v) is 0. The van der Waals surface area contributed by atoms with Gasteiger partial charge in [0.05, 0.1) is 0 Å². The number of carbonyl (C=O) groups is 1. The second kappa shape index (κ2) is 9.61. The molecule has 8 heavy (non-hydrogen) atoms. The van der Waals surface area contributed by atoms with Crippen LogP contribution in [0.1, 0.15) is 6.92 Å². The lowest BCUT2D eigenvalue weighted by Gasteiger charge is -1.75. The Morgan fingerprint density at radius 2 is 2.12 bits per heavy atom. The molecule has 0 aromatic rings. The van der Waals surface area contributed by atoms with E-state index < -0.39 is 12.7 Å². The van der Waals surface area contributed by atoms with Gasteiger partial charge in [-0.05, 0) is 0 Å². The normalized spacial score (nSPS) is 9.25. The molecule has 0 unspecified atom stereocenters. The van der Waals surface area contributed by atoms with E-state index in [1.54, 1.807) is 0 Å². The van der Waals surface area contributed by atoms with Gasteiger partial charge in [-0.1, -0.05) is 0 Å². The van der Waals surface area contributed by atoms with Crippen LogP contribution in [0.5, 0.6) is 0 Å². The van der Waals surface area contributed by atoms with Gasteiger partial charge in [-0.15, -0.1) is 0 Å². The first-order valence-electron chi connectivity index (χ1n) is 2.21. The number of carboxylic acid groups (broad SMARTS) is 1. The number of carboxylic acids is 1. The Morgan fingerprint density at radius 1 is 2.00 bits per heavy atom. The molecule has 0 aliphatic carbocycles. The van der Waals surface area contributed by atoms with E-state index >= 15 is 0 Å². The average Bonchev–Trinajstić information content (AvgIpc) is 1.65. The van der Waals surface area contributed by atoms with Gasteiger partial charge in [-0.2, -0.15) is 5.47 Å². The quantitative estimate of drug-likeness (QED) is 0.266. The maximum atomic E-state index is 9.00. The lowest BCUT2D eigenvalue weighted by atomic mass is 10.9. The lowest BCUT2D eigenvalue weighted by Crippen LogP contribution is -2.05. The molecule has 0 spiro atoms. The molecule has 0 radical (unpaired) electrons. The molecular weight excluding hydrogens is 114 g/mol. The monoisotopic (exact) mass is 124 g/mol. The van der Waals surface area contributed by atoms with Crippen LogP contribution in [0.4, 0.5) is 0 Å². The molecule has 0 amide bonds. The van der Waals surface area contributed by atoms with E-state index in [1.165, 1.54) is 0 Å². The highest BCUT2D eigenvalue weighted by Gasteiger charge is 1.65. The zero-order valence-corrected chi connectivity index (χ0v) is 4.40. The van der Waals surface area contributed by atoms with E-state index in [2.05, 4.69) is 0 Å². The summed E-state index contributed by atoms with van der Waals surface area (Å²) < 4.78 is 5.97. The molecule has 0 aliphatic rings. The lowest BCUT2D eigenvalue weighted by molar-refractivity contribution is -0.134. The molecule has 0 bridgehead atoms. The topological polar surface area (TPSA) is 89.8 Å². The number of aliphatic hydroxyl groups is 1.